The third kappa shape index (κ3) is 2.43. The van der Waals surface area contributed by atoms with Crippen molar-refractivity contribution in [2.24, 2.45) is 5.41 Å². The molecule has 1 heterocycles. The largest absolute Gasteiger partial charge is 0.395 e. The molecule has 2 rings (SSSR count). The number of amides is 1. The summed E-state index contributed by atoms with van der Waals surface area (Å²) in [5.41, 5.74) is 0.317. The first-order valence-corrected chi connectivity index (χ1v) is 6.56. The zero-order chi connectivity index (χ0) is 13.2. The van der Waals surface area contributed by atoms with E-state index in [1.54, 1.807) is 11.9 Å². The highest BCUT2D eigenvalue weighted by molar-refractivity contribution is 9.10. The van der Waals surface area contributed by atoms with Gasteiger partial charge in [-0.3, -0.25) is 4.79 Å². The predicted octanol–water partition coefficient (Wildman–Crippen LogP) is 1.42. The van der Waals surface area contributed by atoms with Gasteiger partial charge in [-0.05, 0) is 11.6 Å². The fourth-order valence-corrected chi connectivity index (χ4v) is 2.40. The Labute approximate surface area is 115 Å². The molecule has 0 aromatic heterocycles. The van der Waals surface area contributed by atoms with E-state index in [4.69, 9.17) is 4.74 Å². The van der Waals surface area contributed by atoms with Gasteiger partial charge in [-0.15, -0.1) is 0 Å². The average Bonchev–Trinajstić information content (AvgIpc) is 2.31. The van der Waals surface area contributed by atoms with Crippen LogP contribution in [0.5, 0.6) is 0 Å². The Morgan fingerprint density at radius 3 is 2.67 bits per heavy atom. The van der Waals surface area contributed by atoms with Crippen LogP contribution in [0.15, 0.2) is 28.7 Å². The third-order valence-electron chi connectivity index (χ3n) is 3.23. The molecule has 1 aliphatic rings. The van der Waals surface area contributed by atoms with Gasteiger partial charge < -0.3 is 14.7 Å². The van der Waals surface area contributed by atoms with E-state index in [2.05, 4.69) is 15.9 Å². The summed E-state index contributed by atoms with van der Waals surface area (Å²) in [7, 11) is 1.75. The molecule has 18 heavy (non-hydrogen) atoms. The molecule has 5 heteroatoms. The number of aliphatic hydroxyl groups is 1. The van der Waals surface area contributed by atoms with E-state index in [0.717, 1.165) is 10.0 Å². The second kappa shape index (κ2) is 5.38. The van der Waals surface area contributed by atoms with Crippen LogP contribution in [0.4, 0.5) is 0 Å². The quantitative estimate of drug-likeness (QED) is 0.914. The monoisotopic (exact) mass is 313 g/mol. The standard InChI is InChI=1S/C13H16BrNO3/c1-15(6-10-4-2-3-5-11(10)14)12(17)13(7-16)8-18-9-13/h2-5,16H,6-9H2,1H3. The van der Waals surface area contributed by atoms with E-state index >= 15 is 0 Å². The molecule has 1 aromatic carbocycles. The van der Waals surface area contributed by atoms with Crippen molar-refractivity contribution >= 4 is 21.8 Å². The second-order valence-corrected chi connectivity index (χ2v) is 5.54. The highest BCUT2D eigenvalue weighted by Crippen LogP contribution is 2.30. The lowest BCUT2D eigenvalue weighted by atomic mass is 9.85. The van der Waals surface area contributed by atoms with Gasteiger partial charge in [-0.2, -0.15) is 0 Å². The van der Waals surface area contributed by atoms with Crippen molar-refractivity contribution in [2.75, 3.05) is 26.9 Å². The van der Waals surface area contributed by atoms with Gasteiger partial charge in [0.05, 0.1) is 19.8 Å². The zero-order valence-electron chi connectivity index (χ0n) is 10.2. The van der Waals surface area contributed by atoms with Crippen LogP contribution in [-0.4, -0.2) is 42.8 Å². The summed E-state index contributed by atoms with van der Waals surface area (Å²) < 4.78 is 6.04. The highest BCUT2D eigenvalue weighted by Gasteiger charge is 2.46. The molecule has 0 aliphatic carbocycles. The molecule has 1 fully saturated rings. The number of benzene rings is 1. The highest BCUT2D eigenvalue weighted by atomic mass is 79.9. The number of hydrogen-bond donors (Lipinski definition) is 1. The van der Waals surface area contributed by atoms with Gasteiger partial charge in [0.15, 0.2) is 0 Å². The van der Waals surface area contributed by atoms with Crippen molar-refractivity contribution in [3.63, 3.8) is 0 Å². The molecule has 1 aliphatic heterocycles. The fourth-order valence-electron chi connectivity index (χ4n) is 1.99. The molecule has 4 nitrogen and oxygen atoms in total. The maximum atomic E-state index is 12.3. The third-order valence-corrected chi connectivity index (χ3v) is 4.00. The molecule has 1 amide bonds. The van der Waals surface area contributed by atoms with E-state index in [9.17, 15) is 9.90 Å². The van der Waals surface area contributed by atoms with E-state index in [1.807, 2.05) is 24.3 Å². The molecular formula is C13H16BrNO3. The van der Waals surface area contributed by atoms with Crippen LogP contribution in [0.25, 0.3) is 0 Å². The smallest absolute Gasteiger partial charge is 0.235 e. The maximum Gasteiger partial charge on any atom is 0.235 e. The Kier molecular flexibility index (Phi) is 4.04. The second-order valence-electron chi connectivity index (χ2n) is 4.68. The summed E-state index contributed by atoms with van der Waals surface area (Å²) in [6.07, 6.45) is 0. The van der Waals surface area contributed by atoms with Gasteiger partial charge in [0.1, 0.15) is 5.41 Å². The number of ether oxygens (including phenoxy) is 1. The van der Waals surface area contributed by atoms with Crippen molar-refractivity contribution in [3.05, 3.63) is 34.3 Å². The summed E-state index contributed by atoms with van der Waals surface area (Å²) in [5.74, 6) is -0.0630. The first-order chi connectivity index (χ1) is 8.59. The lowest BCUT2D eigenvalue weighted by molar-refractivity contribution is -0.179. The molecule has 0 atom stereocenters. The number of hydrogen-bond acceptors (Lipinski definition) is 3. The lowest BCUT2D eigenvalue weighted by Gasteiger charge is -2.40. The van der Waals surface area contributed by atoms with Crippen molar-refractivity contribution in [1.29, 1.82) is 0 Å². The molecule has 0 saturated carbocycles. The average molecular weight is 314 g/mol. The fraction of sp³-hybridized carbons (Fsp3) is 0.462. The molecule has 0 unspecified atom stereocenters. The van der Waals surface area contributed by atoms with Gasteiger partial charge in [-0.25, -0.2) is 0 Å². The van der Waals surface area contributed by atoms with E-state index < -0.39 is 5.41 Å². The van der Waals surface area contributed by atoms with Crippen molar-refractivity contribution in [1.82, 2.24) is 4.90 Å². The molecule has 1 aromatic rings. The first-order valence-electron chi connectivity index (χ1n) is 5.77. The van der Waals surface area contributed by atoms with Gasteiger partial charge in [0, 0.05) is 18.1 Å². The van der Waals surface area contributed by atoms with Gasteiger partial charge >= 0.3 is 0 Å². The van der Waals surface area contributed by atoms with Crippen LogP contribution in [0.2, 0.25) is 0 Å². The topological polar surface area (TPSA) is 49.8 Å². The zero-order valence-corrected chi connectivity index (χ0v) is 11.8. The van der Waals surface area contributed by atoms with Crippen molar-refractivity contribution in [2.45, 2.75) is 6.54 Å². The molecule has 1 saturated heterocycles. The minimum absolute atomic E-state index is 0.0630. The number of carbonyl (C=O) groups is 1. The number of nitrogens with zero attached hydrogens (tertiary/aromatic N) is 1. The number of carbonyl (C=O) groups excluding carboxylic acids is 1. The summed E-state index contributed by atoms with van der Waals surface area (Å²) in [6, 6.07) is 7.79. The number of aliphatic hydroxyl groups excluding tert-OH is 1. The van der Waals surface area contributed by atoms with Crippen LogP contribution in [0.1, 0.15) is 5.56 Å². The summed E-state index contributed by atoms with van der Waals surface area (Å²) in [5, 5.41) is 9.34. The van der Waals surface area contributed by atoms with E-state index in [1.165, 1.54) is 0 Å². The Bertz CT molecular complexity index is 440. The Morgan fingerprint density at radius 2 is 2.17 bits per heavy atom. The minimum atomic E-state index is -0.726. The van der Waals surface area contributed by atoms with Gasteiger partial charge in [0.2, 0.25) is 5.91 Å². The molecule has 98 valence electrons. The molecule has 0 spiro atoms. The van der Waals surface area contributed by atoms with Crippen LogP contribution in [0, 0.1) is 5.41 Å². The van der Waals surface area contributed by atoms with Crippen LogP contribution >= 0.6 is 15.9 Å². The van der Waals surface area contributed by atoms with Crippen molar-refractivity contribution in [3.8, 4) is 0 Å². The Balaban J connectivity index is 2.06. The van der Waals surface area contributed by atoms with Gasteiger partial charge in [-0.1, -0.05) is 34.1 Å². The molecule has 0 bridgehead atoms. The van der Waals surface area contributed by atoms with Gasteiger partial charge in [0.25, 0.3) is 0 Å². The molecule has 0 radical (unpaired) electrons. The minimum Gasteiger partial charge on any atom is -0.395 e. The van der Waals surface area contributed by atoms with Crippen LogP contribution in [0.3, 0.4) is 0 Å². The lowest BCUT2D eigenvalue weighted by Crippen LogP contribution is -2.56. The normalized spacial score (nSPS) is 17.1. The molecular weight excluding hydrogens is 298 g/mol. The van der Waals surface area contributed by atoms with Crippen LogP contribution in [-0.2, 0) is 16.1 Å². The maximum absolute atomic E-state index is 12.3. The van der Waals surface area contributed by atoms with Crippen molar-refractivity contribution < 1.29 is 14.6 Å². The van der Waals surface area contributed by atoms with E-state index in [0.29, 0.717) is 19.8 Å². The molecule has 1 N–H and O–H groups in total. The SMILES string of the molecule is CN(Cc1ccccc1Br)C(=O)C1(CO)COC1. The number of rotatable bonds is 4. The van der Waals surface area contributed by atoms with E-state index in [-0.39, 0.29) is 12.5 Å². The summed E-state index contributed by atoms with van der Waals surface area (Å²) in [6.45, 7) is 0.972. The van der Waals surface area contributed by atoms with Crippen LogP contribution < -0.4 is 0 Å². The Morgan fingerprint density at radius 1 is 1.50 bits per heavy atom. The first kappa shape index (κ1) is 13.5. The predicted molar refractivity (Wildman–Crippen MR) is 71.0 cm³/mol. The summed E-state index contributed by atoms with van der Waals surface area (Å²) in [4.78, 5) is 13.9. The summed E-state index contributed by atoms with van der Waals surface area (Å²) >= 11 is 3.46. The number of halogens is 1. The Hall–Kier alpha value is -0.910.